The van der Waals surface area contributed by atoms with Gasteiger partial charge in [-0.15, -0.1) is 0 Å². The molecule has 2 nitrogen and oxygen atoms in total. The maximum Gasteiger partial charge on any atom is 0.0786 e. The zero-order valence-corrected chi connectivity index (χ0v) is 11.4. The number of nitrogens with zero attached hydrogens (tertiary/aromatic N) is 2. The van der Waals surface area contributed by atoms with Crippen LogP contribution in [0.4, 0.5) is 0 Å². The van der Waals surface area contributed by atoms with Crippen LogP contribution in [0.1, 0.15) is 38.5 Å². The highest BCUT2D eigenvalue weighted by Gasteiger charge is 2.28. The predicted molar refractivity (Wildman–Crippen MR) is 69.3 cm³/mol. The van der Waals surface area contributed by atoms with Crippen molar-refractivity contribution in [3.05, 3.63) is 0 Å². The lowest BCUT2D eigenvalue weighted by Crippen LogP contribution is -2.44. The van der Waals surface area contributed by atoms with Gasteiger partial charge in [0.25, 0.3) is 0 Å². The summed E-state index contributed by atoms with van der Waals surface area (Å²) in [5.41, 5.74) is 0. The van der Waals surface area contributed by atoms with Gasteiger partial charge in [0.1, 0.15) is 0 Å². The maximum absolute atomic E-state index is 2.46. The molecule has 2 heteroatoms. The lowest BCUT2D eigenvalue weighted by Gasteiger charge is -2.31. The topological polar surface area (TPSA) is 0 Å². The van der Waals surface area contributed by atoms with Crippen LogP contribution in [0, 0.1) is 0 Å². The number of hydrogen-bond donors (Lipinski definition) is 0. The maximum atomic E-state index is 2.46. The average Bonchev–Trinajstić information content (AvgIpc) is 2.84. The van der Waals surface area contributed by atoms with Gasteiger partial charge in [-0.1, -0.05) is 0 Å². The Bertz CT molecular complexity index is 189. The van der Waals surface area contributed by atoms with Crippen molar-refractivity contribution in [1.29, 1.82) is 0 Å². The van der Waals surface area contributed by atoms with Crippen LogP contribution in [-0.2, 0) is 0 Å². The minimum absolute atomic E-state index is 1.36. The molecule has 0 aromatic carbocycles. The molecule has 2 aliphatic rings. The van der Waals surface area contributed by atoms with Gasteiger partial charge < -0.3 is 8.97 Å². The first-order valence-electron chi connectivity index (χ1n) is 7.29. The Morgan fingerprint density at radius 2 is 0.938 bits per heavy atom. The third kappa shape index (κ3) is 3.21. The summed E-state index contributed by atoms with van der Waals surface area (Å²) in [6.45, 7) is 8.61. The minimum Gasteiger partial charge on any atom is -0.326 e. The molecule has 16 heavy (non-hydrogen) atoms. The van der Waals surface area contributed by atoms with Gasteiger partial charge in [0, 0.05) is 38.5 Å². The summed E-state index contributed by atoms with van der Waals surface area (Å²) >= 11 is 0. The first-order valence-corrected chi connectivity index (χ1v) is 7.29. The highest BCUT2D eigenvalue weighted by atomic mass is 15.3. The van der Waals surface area contributed by atoms with Gasteiger partial charge in [-0.2, -0.15) is 0 Å². The summed E-state index contributed by atoms with van der Waals surface area (Å²) in [4.78, 5) is 0. The van der Waals surface area contributed by atoms with Crippen LogP contribution in [0.3, 0.4) is 0 Å². The Labute approximate surface area is 101 Å². The number of unbranched alkanes of at least 4 members (excludes halogenated alkanes) is 1. The Morgan fingerprint density at radius 3 is 1.25 bits per heavy atom. The summed E-state index contributed by atoms with van der Waals surface area (Å²) < 4.78 is 2.73. The minimum atomic E-state index is 1.36. The lowest BCUT2D eigenvalue weighted by molar-refractivity contribution is -0.904. The van der Waals surface area contributed by atoms with E-state index in [9.17, 15) is 0 Å². The molecule has 0 radical (unpaired) electrons. The highest BCUT2D eigenvalue weighted by molar-refractivity contribution is 4.54. The van der Waals surface area contributed by atoms with Gasteiger partial charge in [0.15, 0.2) is 0 Å². The molecule has 0 atom stereocenters. The van der Waals surface area contributed by atoms with Gasteiger partial charge in [-0.3, -0.25) is 0 Å². The van der Waals surface area contributed by atoms with Crippen molar-refractivity contribution < 1.29 is 8.97 Å². The van der Waals surface area contributed by atoms with E-state index < -0.39 is 0 Å². The monoisotopic (exact) mass is 226 g/mol. The molecule has 0 bridgehead atoms. The van der Waals surface area contributed by atoms with Crippen molar-refractivity contribution in [3.63, 3.8) is 0 Å². The molecular weight excluding hydrogens is 196 g/mol. The molecule has 2 aliphatic heterocycles. The molecule has 94 valence electrons. The van der Waals surface area contributed by atoms with Crippen molar-refractivity contribution in [1.82, 2.24) is 0 Å². The molecule has 0 unspecified atom stereocenters. The van der Waals surface area contributed by atoms with Crippen molar-refractivity contribution >= 4 is 0 Å². The normalized spacial score (nSPS) is 27.4. The second-order valence-electron chi connectivity index (χ2n) is 6.70. The standard InChI is InChI=1S/C14H30N2/c1-15(9-3-4-10-15)13-7-8-14-16(2)11-5-6-12-16/h3-14H2,1-2H3/q+2. The molecule has 0 spiro atoms. The highest BCUT2D eigenvalue weighted by Crippen LogP contribution is 2.20. The van der Waals surface area contributed by atoms with Gasteiger partial charge in [-0.25, -0.2) is 0 Å². The van der Waals surface area contributed by atoms with E-state index in [0.717, 1.165) is 0 Å². The molecule has 0 aliphatic carbocycles. The zero-order chi connectivity index (χ0) is 11.5. The van der Waals surface area contributed by atoms with Crippen LogP contribution in [-0.4, -0.2) is 62.3 Å². The second-order valence-corrected chi connectivity index (χ2v) is 6.70. The molecule has 0 aromatic rings. The molecule has 2 rings (SSSR count). The third-order valence-corrected chi connectivity index (χ3v) is 4.94. The van der Waals surface area contributed by atoms with Crippen LogP contribution in [0.25, 0.3) is 0 Å². The first-order chi connectivity index (χ1) is 7.62. The van der Waals surface area contributed by atoms with Gasteiger partial charge in [0.2, 0.25) is 0 Å². The van der Waals surface area contributed by atoms with Crippen LogP contribution in [0.5, 0.6) is 0 Å². The first kappa shape index (κ1) is 12.4. The Balaban J connectivity index is 1.61. The molecule has 0 amide bonds. The molecular formula is C14H30N2+2. The SMILES string of the molecule is C[N+]1(CCCC[N+]2(C)CCCC2)CCCC1. The largest absolute Gasteiger partial charge is 0.326 e. The quantitative estimate of drug-likeness (QED) is 0.498. The van der Waals surface area contributed by atoms with E-state index in [0.29, 0.717) is 0 Å². The van der Waals surface area contributed by atoms with E-state index in [2.05, 4.69) is 14.1 Å². The number of quaternary nitrogens is 2. The van der Waals surface area contributed by atoms with E-state index in [1.165, 1.54) is 86.8 Å². The zero-order valence-electron chi connectivity index (χ0n) is 11.4. The van der Waals surface area contributed by atoms with Crippen LogP contribution < -0.4 is 0 Å². The summed E-state index contributed by atoms with van der Waals surface area (Å²) in [5, 5.41) is 0. The van der Waals surface area contributed by atoms with Gasteiger partial charge in [0.05, 0.1) is 53.4 Å². The average molecular weight is 226 g/mol. The van der Waals surface area contributed by atoms with Crippen LogP contribution in [0.15, 0.2) is 0 Å². The van der Waals surface area contributed by atoms with Crippen molar-refractivity contribution in [2.75, 3.05) is 53.4 Å². The Hall–Kier alpha value is -0.0800. The van der Waals surface area contributed by atoms with E-state index in [1.54, 1.807) is 0 Å². The van der Waals surface area contributed by atoms with E-state index in [-0.39, 0.29) is 0 Å². The fraction of sp³-hybridized carbons (Fsp3) is 1.00. The Kier molecular flexibility index (Phi) is 3.91. The fourth-order valence-electron chi connectivity index (χ4n) is 3.63. The molecule has 2 fully saturated rings. The number of hydrogen-bond acceptors (Lipinski definition) is 0. The van der Waals surface area contributed by atoms with Crippen LogP contribution in [0.2, 0.25) is 0 Å². The number of rotatable bonds is 5. The molecule has 0 N–H and O–H groups in total. The second kappa shape index (κ2) is 5.05. The van der Waals surface area contributed by atoms with E-state index in [4.69, 9.17) is 0 Å². The van der Waals surface area contributed by atoms with Gasteiger partial charge >= 0.3 is 0 Å². The van der Waals surface area contributed by atoms with E-state index >= 15 is 0 Å². The van der Waals surface area contributed by atoms with Crippen molar-refractivity contribution in [2.45, 2.75) is 38.5 Å². The van der Waals surface area contributed by atoms with E-state index in [1.807, 2.05) is 0 Å². The fourth-order valence-corrected chi connectivity index (χ4v) is 3.63. The third-order valence-electron chi connectivity index (χ3n) is 4.94. The number of likely N-dealkylation sites (tertiary alicyclic amines) is 2. The van der Waals surface area contributed by atoms with Crippen LogP contribution >= 0.6 is 0 Å². The van der Waals surface area contributed by atoms with Gasteiger partial charge in [-0.05, 0) is 0 Å². The summed E-state index contributed by atoms with van der Waals surface area (Å²) in [7, 11) is 4.91. The van der Waals surface area contributed by atoms with Crippen molar-refractivity contribution in [3.8, 4) is 0 Å². The molecule has 0 saturated carbocycles. The Morgan fingerprint density at radius 1 is 0.625 bits per heavy atom. The summed E-state index contributed by atoms with van der Waals surface area (Å²) in [6, 6.07) is 0. The summed E-state index contributed by atoms with van der Waals surface area (Å²) in [6.07, 6.45) is 8.75. The predicted octanol–water partition coefficient (Wildman–Crippen LogP) is 2.25. The lowest BCUT2D eigenvalue weighted by atomic mass is 10.2. The molecule has 2 heterocycles. The van der Waals surface area contributed by atoms with Crippen molar-refractivity contribution in [2.24, 2.45) is 0 Å². The molecule has 0 aromatic heterocycles. The molecule has 2 saturated heterocycles. The smallest absolute Gasteiger partial charge is 0.0786 e. The summed E-state index contributed by atoms with van der Waals surface area (Å²) in [5.74, 6) is 0.